The lowest BCUT2D eigenvalue weighted by atomic mass is 10.1. The van der Waals surface area contributed by atoms with Crippen LogP contribution in [0, 0.1) is 0 Å². The van der Waals surface area contributed by atoms with E-state index in [0.29, 0.717) is 13.1 Å². The third-order valence-electron chi connectivity index (χ3n) is 5.05. The summed E-state index contributed by atoms with van der Waals surface area (Å²) < 4.78 is 32.5. The molecule has 11 nitrogen and oxygen atoms in total. The van der Waals surface area contributed by atoms with Crippen LogP contribution >= 0.6 is 0 Å². The molecule has 36 heavy (non-hydrogen) atoms. The quantitative estimate of drug-likeness (QED) is 0.363. The largest absolute Gasteiger partial charge is 0.414 e. The van der Waals surface area contributed by atoms with Crippen LogP contribution in [0.4, 0.5) is 4.79 Å². The Morgan fingerprint density at radius 1 is 1.03 bits per heavy atom. The lowest BCUT2D eigenvalue weighted by Gasteiger charge is -2.22. The molecule has 0 unspecified atom stereocenters. The lowest BCUT2D eigenvalue weighted by molar-refractivity contribution is 0.0750. The summed E-state index contributed by atoms with van der Waals surface area (Å²) in [4.78, 5) is 42.3. The Labute approximate surface area is 210 Å². The van der Waals surface area contributed by atoms with Crippen molar-refractivity contribution in [2.45, 2.75) is 44.4 Å². The summed E-state index contributed by atoms with van der Waals surface area (Å²) in [5, 5.41) is 11.0. The van der Waals surface area contributed by atoms with E-state index in [1.54, 1.807) is 11.0 Å². The van der Waals surface area contributed by atoms with Gasteiger partial charge in [-0.25, -0.2) is 22.9 Å². The highest BCUT2D eigenvalue weighted by atomic mass is 32.2. The van der Waals surface area contributed by atoms with Crippen molar-refractivity contribution < 1.29 is 32.6 Å². The van der Waals surface area contributed by atoms with Crippen molar-refractivity contribution in [3.05, 3.63) is 53.7 Å². The van der Waals surface area contributed by atoms with E-state index in [0.717, 1.165) is 31.9 Å². The standard InChI is InChI=1S/C24H32N4O7S/c1-3-5-13-28(14-6-4-2)23(31)18-8-7-9-20(16-18)36(33,34)27-22(30)19-10-11-21(26-17-19)35-24(32)25-12-15-29/h7-11,16-17,29H,3-6,12-15H2,1-2H3,(H,25,32)(H,27,30). The molecule has 0 aliphatic carbocycles. The second-order valence-electron chi connectivity index (χ2n) is 7.89. The molecule has 1 aromatic heterocycles. The fraction of sp³-hybridized carbons (Fsp3) is 0.417. The molecule has 0 aliphatic rings. The van der Waals surface area contributed by atoms with E-state index in [4.69, 9.17) is 9.84 Å². The minimum Gasteiger partial charge on any atom is -0.395 e. The number of ether oxygens (including phenoxy) is 1. The lowest BCUT2D eigenvalue weighted by Crippen LogP contribution is -2.33. The number of aliphatic hydroxyl groups is 1. The third kappa shape index (κ3) is 8.61. The Morgan fingerprint density at radius 3 is 2.31 bits per heavy atom. The van der Waals surface area contributed by atoms with E-state index in [2.05, 4.69) is 10.3 Å². The number of nitrogens with zero attached hydrogens (tertiary/aromatic N) is 2. The molecule has 0 saturated carbocycles. The van der Waals surface area contributed by atoms with Crippen molar-refractivity contribution in [1.82, 2.24) is 19.9 Å². The highest BCUT2D eigenvalue weighted by Gasteiger charge is 2.22. The number of rotatable bonds is 13. The Balaban J connectivity index is 2.12. The van der Waals surface area contributed by atoms with Gasteiger partial charge in [0, 0.05) is 37.5 Å². The van der Waals surface area contributed by atoms with Crippen LogP contribution in [0.5, 0.6) is 5.88 Å². The summed E-state index contributed by atoms with van der Waals surface area (Å²) in [5.41, 5.74) is 0.138. The summed E-state index contributed by atoms with van der Waals surface area (Å²) in [6.45, 7) is 4.97. The topological polar surface area (TPSA) is 155 Å². The second-order valence-corrected chi connectivity index (χ2v) is 9.57. The van der Waals surface area contributed by atoms with Gasteiger partial charge < -0.3 is 20.1 Å². The summed E-state index contributed by atoms with van der Waals surface area (Å²) in [7, 11) is -4.28. The molecule has 0 spiro atoms. The first kappa shape index (κ1) is 28.7. The Kier molecular flexibility index (Phi) is 11.3. The zero-order chi connectivity index (χ0) is 26.6. The fourth-order valence-corrected chi connectivity index (χ4v) is 4.12. The number of aliphatic hydroxyl groups excluding tert-OH is 1. The normalized spacial score (nSPS) is 11.0. The molecule has 2 rings (SSSR count). The molecule has 0 atom stereocenters. The first-order valence-corrected chi connectivity index (χ1v) is 13.2. The maximum atomic E-state index is 13.0. The average molecular weight is 521 g/mol. The Bertz CT molecular complexity index is 1130. The van der Waals surface area contributed by atoms with Gasteiger partial charge in [0.25, 0.3) is 21.8 Å². The van der Waals surface area contributed by atoms with E-state index in [-0.39, 0.29) is 41.0 Å². The predicted octanol–water partition coefficient (Wildman–Crippen LogP) is 2.32. The minimum absolute atomic E-state index is 0.000505. The van der Waals surface area contributed by atoms with Crippen LogP contribution in [0.1, 0.15) is 60.2 Å². The predicted molar refractivity (Wildman–Crippen MR) is 132 cm³/mol. The average Bonchev–Trinajstić information content (AvgIpc) is 2.87. The van der Waals surface area contributed by atoms with E-state index in [9.17, 15) is 22.8 Å². The van der Waals surface area contributed by atoms with Gasteiger partial charge in [-0.3, -0.25) is 9.59 Å². The van der Waals surface area contributed by atoms with Crippen LogP contribution < -0.4 is 14.8 Å². The zero-order valence-electron chi connectivity index (χ0n) is 20.4. The van der Waals surface area contributed by atoms with Crippen molar-refractivity contribution in [1.29, 1.82) is 0 Å². The first-order valence-electron chi connectivity index (χ1n) is 11.7. The van der Waals surface area contributed by atoms with E-state index in [1.807, 2.05) is 18.6 Å². The molecule has 196 valence electrons. The second kappa shape index (κ2) is 14.1. The van der Waals surface area contributed by atoms with Crippen LogP contribution in [0.3, 0.4) is 0 Å². The van der Waals surface area contributed by atoms with Gasteiger partial charge in [-0.2, -0.15) is 0 Å². The van der Waals surface area contributed by atoms with Gasteiger partial charge >= 0.3 is 6.09 Å². The first-order chi connectivity index (χ1) is 17.2. The maximum Gasteiger partial charge on any atom is 0.414 e. The SMILES string of the molecule is CCCCN(CCCC)C(=O)c1cccc(S(=O)(=O)NC(=O)c2ccc(OC(=O)NCCO)nc2)c1. The third-order valence-corrected chi connectivity index (χ3v) is 6.37. The van der Waals surface area contributed by atoms with Crippen LogP contribution in [0.25, 0.3) is 0 Å². The van der Waals surface area contributed by atoms with Crippen LogP contribution in [-0.2, 0) is 10.0 Å². The minimum atomic E-state index is -4.28. The summed E-state index contributed by atoms with van der Waals surface area (Å²) in [6.07, 6.45) is 3.75. The van der Waals surface area contributed by atoms with E-state index >= 15 is 0 Å². The maximum absolute atomic E-state index is 13.0. The molecule has 1 aromatic carbocycles. The summed E-state index contributed by atoms with van der Waals surface area (Å²) in [6, 6.07) is 8.03. The zero-order valence-corrected chi connectivity index (χ0v) is 21.2. The molecular weight excluding hydrogens is 488 g/mol. The van der Waals surface area contributed by atoms with Crippen molar-refractivity contribution in [3.63, 3.8) is 0 Å². The molecular formula is C24H32N4O7S. The monoisotopic (exact) mass is 520 g/mol. The number of nitrogens with one attached hydrogen (secondary N) is 2. The summed E-state index contributed by atoms with van der Waals surface area (Å²) in [5.74, 6) is -1.32. The molecule has 0 bridgehead atoms. The molecule has 0 fully saturated rings. The molecule has 12 heteroatoms. The van der Waals surface area contributed by atoms with Gasteiger partial charge in [0.15, 0.2) is 0 Å². The number of hydrogen-bond donors (Lipinski definition) is 3. The number of benzene rings is 1. The van der Waals surface area contributed by atoms with Gasteiger partial charge in [-0.1, -0.05) is 32.8 Å². The Morgan fingerprint density at radius 2 is 1.72 bits per heavy atom. The Hall–Kier alpha value is -3.51. The molecule has 0 radical (unpaired) electrons. The van der Waals surface area contributed by atoms with Gasteiger partial charge in [0.1, 0.15) is 0 Å². The molecule has 3 N–H and O–H groups in total. The number of aromatic nitrogens is 1. The van der Waals surface area contributed by atoms with Crippen molar-refractivity contribution in [3.8, 4) is 5.88 Å². The van der Waals surface area contributed by atoms with Gasteiger partial charge in [0.05, 0.1) is 17.1 Å². The van der Waals surface area contributed by atoms with Crippen LogP contribution in [0.15, 0.2) is 47.5 Å². The number of carbonyl (C=O) groups excluding carboxylic acids is 3. The molecule has 0 saturated heterocycles. The number of carbonyl (C=O) groups is 3. The number of unbranched alkanes of at least 4 members (excludes halogenated alkanes) is 2. The van der Waals surface area contributed by atoms with E-state index < -0.39 is 22.0 Å². The molecule has 1 heterocycles. The van der Waals surface area contributed by atoms with Gasteiger partial charge in [0.2, 0.25) is 5.88 Å². The van der Waals surface area contributed by atoms with Crippen molar-refractivity contribution >= 4 is 27.9 Å². The van der Waals surface area contributed by atoms with Crippen molar-refractivity contribution in [2.24, 2.45) is 0 Å². The highest BCUT2D eigenvalue weighted by molar-refractivity contribution is 7.90. The van der Waals surface area contributed by atoms with Crippen LogP contribution in [0.2, 0.25) is 0 Å². The highest BCUT2D eigenvalue weighted by Crippen LogP contribution is 2.16. The van der Waals surface area contributed by atoms with Gasteiger partial charge in [-0.15, -0.1) is 0 Å². The van der Waals surface area contributed by atoms with Crippen molar-refractivity contribution in [2.75, 3.05) is 26.2 Å². The van der Waals surface area contributed by atoms with Crippen LogP contribution in [-0.4, -0.2) is 67.6 Å². The fourth-order valence-electron chi connectivity index (χ4n) is 3.10. The van der Waals surface area contributed by atoms with Gasteiger partial charge in [-0.05, 0) is 37.1 Å². The number of sulfonamides is 1. The smallest absolute Gasteiger partial charge is 0.395 e. The molecule has 0 aliphatic heterocycles. The summed E-state index contributed by atoms with van der Waals surface area (Å²) >= 11 is 0. The number of pyridine rings is 1. The number of hydrogen-bond acceptors (Lipinski definition) is 8. The number of amides is 3. The molecule has 2 aromatic rings. The van der Waals surface area contributed by atoms with E-state index in [1.165, 1.54) is 30.3 Å². The molecule has 3 amide bonds.